The summed E-state index contributed by atoms with van der Waals surface area (Å²) in [5.74, 6) is 0.0648. The molecule has 0 unspecified atom stereocenters. The highest BCUT2D eigenvalue weighted by Crippen LogP contribution is 2.26. The van der Waals surface area contributed by atoms with E-state index in [2.05, 4.69) is 4.74 Å². The summed E-state index contributed by atoms with van der Waals surface area (Å²) in [7, 11) is 1.23. The van der Waals surface area contributed by atoms with Gasteiger partial charge in [0.25, 0.3) is 0 Å². The Labute approximate surface area is 120 Å². The highest BCUT2D eigenvalue weighted by atomic mass is 32.2. The number of carbonyl (C=O) groups is 2. The summed E-state index contributed by atoms with van der Waals surface area (Å²) < 4.78 is 19.7. The molecule has 20 heavy (non-hydrogen) atoms. The van der Waals surface area contributed by atoms with E-state index in [0.717, 1.165) is 0 Å². The van der Waals surface area contributed by atoms with Crippen LogP contribution in [-0.4, -0.2) is 43.3 Å². The average molecular weight is 298 g/mol. The smallest absolute Gasteiger partial charge is 0.458 e. The SMILES string of the molecule is COC(=O)O[C@@H]1CS[C@@H](COC(=O)c2ccccc2)O1. The fourth-order valence-corrected chi connectivity index (χ4v) is 2.42. The molecule has 1 aliphatic heterocycles. The maximum Gasteiger partial charge on any atom is 0.510 e. The highest BCUT2D eigenvalue weighted by molar-refractivity contribution is 8.00. The first-order valence-corrected chi connectivity index (χ1v) is 6.97. The number of ether oxygens (including phenoxy) is 4. The predicted octanol–water partition coefficient (Wildman–Crippen LogP) is 2.04. The van der Waals surface area contributed by atoms with E-state index in [9.17, 15) is 9.59 Å². The molecule has 1 heterocycles. The number of thioether (sulfide) groups is 1. The predicted molar refractivity (Wildman–Crippen MR) is 71.3 cm³/mol. The minimum absolute atomic E-state index is 0.0967. The van der Waals surface area contributed by atoms with Crippen LogP contribution in [0.3, 0.4) is 0 Å². The van der Waals surface area contributed by atoms with Gasteiger partial charge in [-0.15, -0.1) is 11.8 Å². The first-order chi connectivity index (χ1) is 9.69. The van der Waals surface area contributed by atoms with Crippen molar-refractivity contribution in [3.63, 3.8) is 0 Å². The minimum Gasteiger partial charge on any atom is -0.458 e. The highest BCUT2D eigenvalue weighted by Gasteiger charge is 2.30. The lowest BCUT2D eigenvalue weighted by atomic mass is 10.2. The van der Waals surface area contributed by atoms with Crippen LogP contribution < -0.4 is 0 Å². The summed E-state index contributed by atoms with van der Waals surface area (Å²) in [6, 6.07) is 8.69. The van der Waals surface area contributed by atoms with Crippen LogP contribution in [0.4, 0.5) is 4.79 Å². The number of esters is 1. The summed E-state index contributed by atoms with van der Waals surface area (Å²) >= 11 is 1.41. The Hall–Kier alpha value is -1.73. The second-order valence-electron chi connectivity index (χ2n) is 3.86. The Morgan fingerprint density at radius 3 is 2.80 bits per heavy atom. The van der Waals surface area contributed by atoms with Crippen LogP contribution in [0.15, 0.2) is 30.3 Å². The van der Waals surface area contributed by atoms with Gasteiger partial charge in [-0.25, -0.2) is 9.59 Å². The number of rotatable bonds is 4. The van der Waals surface area contributed by atoms with Crippen molar-refractivity contribution in [2.24, 2.45) is 0 Å². The van der Waals surface area contributed by atoms with Gasteiger partial charge in [0.05, 0.1) is 18.4 Å². The second kappa shape index (κ2) is 7.16. The number of hydrogen-bond donors (Lipinski definition) is 0. The molecule has 0 aliphatic carbocycles. The largest absolute Gasteiger partial charge is 0.510 e. The molecule has 7 heteroatoms. The number of carbonyl (C=O) groups excluding carboxylic acids is 2. The van der Waals surface area contributed by atoms with Gasteiger partial charge in [0.15, 0.2) is 0 Å². The van der Waals surface area contributed by atoms with E-state index in [1.165, 1.54) is 18.9 Å². The molecule has 0 aromatic heterocycles. The molecule has 1 aromatic rings. The van der Waals surface area contributed by atoms with Gasteiger partial charge in [-0.3, -0.25) is 0 Å². The summed E-state index contributed by atoms with van der Waals surface area (Å²) in [6.45, 7) is 0.0967. The van der Waals surface area contributed by atoms with Crippen LogP contribution in [0.1, 0.15) is 10.4 Å². The normalized spacial score (nSPS) is 21.2. The van der Waals surface area contributed by atoms with Crippen molar-refractivity contribution in [1.29, 1.82) is 0 Å². The van der Waals surface area contributed by atoms with Gasteiger partial charge in [0.2, 0.25) is 6.29 Å². The van der Waals surface area contributed by atoms with Crippen molar-refractivity contribution in [3.8, 4) is 0 Å². The lowest BCUT2D eigenvalue weighted by Gasteiger charge is -2.12. The van der Waals surface area contributed by atoms with Crippen molar-refractivity contribution in [1.82, 2.24) is 0 Å². The summed E-state index contributed by atoms with van der Waals surface area (Å²) in [4.78, 5) is 22.6. The van der Waals surface area contributed by atoms with Gasteiger partial charge in [0, 0.05) is 0 Å². The van der Waals surface area contributed by atoms with Crippen LogP contribution in [0.25, 0.3) is 0 Å². The third kappa shape index (κ3) is 4.14. The number of methoxy groups -OCH3 is 1. The van der Waals surface area contributed by atoms with Crippen LogP contribution in [0.2, 0.25) is 0 Å². The molecule has 0 bridgehead atoms. The lowest BCUT2D eigenvalue weighted by Crippen LogP contribution is -2.23. The molecule has 2 rings (SSSR count). The van der Waals surface area contributed by atoms with Crippen molar-refractivity contribution in [3.05, 3.63) is 35.9 Å². The van der Waals surface area contributed by atoms with Crippen LogP contribution >= 0.6 is 11.8 Å². The zero-order valence-corrected chi connectivity index (χ0v) is 11.6. The molecule has 1 saturated heterocycles. The standard InChI is InChI=1S/C13H14O6S/c1-16-13(15)19-10-8-20-11(18-10)7-17-12(14)9-5-3-2-4-6-9/h2-6,10-11H,7-8H2,1H3/t10-,11+/m1/s1. The van der Waals surface area contributed by atoms with Gasteiger partial charge in [-0.2, -0.15) is 0 Å². The lowest BCUT2D eigenvalue weighted by molar-refractivity contribution is -0.111. The van der Waals surface area contributed by atoms with Gasteiger partial charge < -0.3 is 18.9 Å². The Morgan fingerprint density at radius 1 is 1.35 bits per heavy atom. The Morgan fingerprint density at radius 2 is 2.10 bits per heavy atom. The van der Waals surface area contributed by atoms with Gasteiger partial charge in [-0.1, -0.05) is 18.2 Å². The maximum absolute atomic E-state index is 11.7. The van der Waals surface area contributed by atoms with E-state index in [4.69, 9.17) is 14.2 Å². The quantitative estimate of drug-likeness (QED) is 0.788. The maximum atomic E-state index is 11.7. The van der Waals surface area contributed by atoms with Crippen molar-refractivity contribution >= 4 is 23.9 Å². The third-order valence-corrected chi connectivity index (χ3v) is 3.56. The van der Waals surface area contributed by atoms with E-state index in [1.807, 2.05) is 6.07 Å². The molecule has 0 amide bonds. The zero-order valence-electron chi connectivity index (χ0n) is 10.8. The van der Waals surface area contributed by atoms with Crippen LogP contribution in [-0.2, 0) is 18.9 Å². The first-order valence-electron chi connectivity index (χ1n) is 5.93. The molecule has 0 saturated carbocycles. The summed E-state index contributed by atoms with van der Waals surface area (Å²) in [6.07, 6.45) is -1.47. The number of benzene rings is 1. The van der Waals surface area contributed by atoms with E-state index in [1.54, 1.807) is 24.3 Å². The third-order valence-electron chi connectivity index (χ3n) is 2.48. The van der Waals surface area contributed by atoms with E-state index >= 15 is 0 Å². The van der Waals surface area contributed by atoms with Crippen molar-refractivity contribution in [2.75, 3.05) is 19.5 Å². The van der Waals surface area contributed by atoms with E-state index in [-0.39, 0.29) is 12.0 Å². The van der Waals surface area contributed by atoms with Crippen molar-refractivity contribution in [2.45, 2.75) is 11.7 Å². The molecular weight excluding hydrogens is 284 g/mol. The first kappa shape index (κ1) is 14.7. The van der Waals surface area contributed by atoms with Gasteiger partial charge >= 0.3 is 12.1 Å². The fraction of sp³-hybridized carbons (Fsp3) is 0.385. The Kier molecular flexibility index (Phi) is 5.25. The molecule has 0 N–H and O–H groups in total. The molecule has 108 valence electrons. The molecule has 1 aromatic carbocycles. The summed E-state index contributed by atoms with van der Waals surface area (Å²) in [5.41, 5.74) is 0.134. The van der Waals surface area contributed by atoms with Crippen LogP contribution in [0.5, 0.6) is 0 Å². The zero-order chi connectivity index (χ0) is 14.4. The van der Waals surface area contributed by atoms with E-state index in [0.29, 0.717) is 11.3 Å². The average Bonchev–Trinajstić information content (AvgIpc) is 2.93. The minimum atomic E-state index is -0.794. The van der Waals surface area contributed by atoms with Crippen molar-refractivity contribution < 1.29 is 28.5 Å². The van der Waals surface area contributed by atoms with Gasteiger partial charge in [-0.05, 0) is 12.1 Å². The van der Waals surface area contributed by atoms with E-state index < -0.39 is 18.4 Å². The monoisotopic (exact) mass is 298 g/mol. The molecule has 2 atom stereocenters. The fourth-order valence-electron chi connectivity index (χ4n) is 1.54. The topological polar surface area (TPSA) is 71.1 Å². The molecule has 1 fully saturated rings. The molecule has 0 spiro atoms. The Balaban J connectivity index is 1.73. The van der Waals surface area contributed by atoms with Gasteiger partial charge in [0.1, 0.15) is 12.0 Å². The molecule has 1 aliphatic rings. The number of hydrogen-bond acceptors (Lipinski definition) is 7. The molecular formula is C13H14O6S. The molecule has 6 nitrogen and oxygen atoms in total. The molecule has 0 radical (unpaired) electrons. The van der Waals surface area contributed by atoms with Crippen LogP contribution in [0, 0.1) is 0 Å². The summed E-state index contributed by atoms with van der Waals surface area (Å²) in [5, 5.41) is 0. The Bertz CT molecular complexity index is 463. The second-order valence-corrected chi connectivity index (χ2v) is 5.06.